The summed E-state index contributed by atoms with van der Waals surface area (Å²) in [6.07, 6.45) is 1.40. The summed E-state index contributed by atoms with van der Waals surface area (Å²) in [4.78, 5) is 13.9. The van der Waals surface area contributed by atoms with E-state index in [1.165, 1.54) is 12.1 Å². The Morgan fingerprint density at radius 3 is 2.95 bits per heavy atom. The number of rotatable bonds is 1. The lowest BCUT2D eigenvalue weighted by Gasteiger charge is -2.36. The smallest absolute Gasteiger partial charge is 0.254 e. The number of benzene rings is 1. The maximum Gasteiger partial charge on any atom is 0.254 e. The van der Waals surface area contributed by atoms with E-state index >= 15 is 0 Å². The predicted octanol–water partition coefficient (Wildman–Crippen LogP) is 1.12. The summed E-state index contributed by atoms with van der Waals surface area (Å²) in [5.74, 6) is 4.39. The standard InChI is InChI=1S/C16H19FN2O2/c1-16(21)7-3-9-19(11-16)15(20)13-6-5-12(4-2-8-18)14(17)10-13/h5-6,10,21H,3,7-9,11,18H2,1H3. The van der Waals surface area contributed by atoms with Gasteiger partial charge in [-0.2, -0.15) is 0 Å². The van der Waals surface area contributed by atoms with Crippen molar-refractivity contribution in [1.82, 2.24) is 4.90 Å². The second-order valence-electron chi connectivity index (χ2n) is 5.53. The highest BCUT2D eigenvalue weighted by Gasteiger charge is 2.31. The fraction of sp³-hybridized carbons (Fsp3) is 0.438. The van der Waals surface area contributed by atoms with Crippen molar-refractivity contribution in [2.45, 2.75) is 25.4 Å². The minimum atomic E-state index is -0.876. The summed E-state index contributed by atoms with van der Waals surface area (Å²) in [6.45, 7) is 2.70. The number of carbonyl (C=O) groups is 1. The molecule has 1 aliphatic heterocycles. The van der Waals surface area contributed by atoms with Crippen LogP contribution in [-0.4, -0.2) is 41.1 Å². The first-order valence-electron chi connectivity index (χ1n) is 6.93. The highest BCUT2D eigenvalue weighted by molar-refractivity contribution is 5.94. The number of nitrogens with two attached hydrogens (primary N) is 1. The van der Waals surface area contributed by atoms with Crippen molar-refractivity contribution in [1.29, 1.82) is 0 Å². The molecule has 1 aromatic carbocycles. The number of hydrogen-bond acceptors (Lipinski definition) is 3. The van der Waals surface area contributed by atoms with E-state index in [4.69, 9.17) is 5.73 Å². The van der Waals surface area contributed by atoms with Crippen LogP contribution in [0.1, 0.15) is 35.7 Å². The Bertz CT molecular complexity index is 602. The van der Waals surface area contributed by atoms with E-state index in [0.29, 0.717) is 13.0 Å². The minimum Gasteiger partial charge on any atom is -0.388 e. The molecule has 1 heterocycles. The normalized spacial score (nSPS) is 21.6. The summed E-state index contributed by atoms with van der Waals surface area (Å²) in [5, 5.41) is 10.0. The number of likely N-dealkylation sites (tertiary alicyclic amines) is 1. The topological polar surface area (TPSA) is 66.6 Å². The summed E-state index contributed by atoms with van der Waals surface area (Å²) in [5.41, 5.74) is 4.86. The van der Waals surface area contributed by atoms with Crippen LogP contribution < -0.4 is 5.73 Å². The molecule has 0 aromatic heterocycles. The summed E-state index contributed by atoms with van der Waals surface area (Å²) in [7, 11) is 0. The molecular weight excluding hydrogens is 271 g/mol. The molecule has 0 bridgehead atoms. The quantitative estimate of drug-likeness (QED) is 0.762. The fourth-order valence-corrected chi connectivity index (χ4v) is 2.47. The number of halogens is 1. The number of hydrogen-bond donors (Lipinski definition) is 2. The van der Waals surface area contributed by atoms with E-state index in [0.717, 1.165) is 6.42 Å². The Morgan fingerprint density at radius 2 is 2.33 bits per heavy atom. The van der Waals surface area contributed by atoms with Gasteiger partial charge < -0.3 is 15.7 Å². The molecule has 0 spiro atoms. The molecule has 0 radical (unpaired) electrons. The highest BCUT2D eigenvalue weighted by Crippen LogP contribution is 2.22. The predicted molar refractivity (Wildman–Crippen MR) is 78.1 cm³/mol. The third kappa shape index (κ3) is 3.81. The zero-order valence-electron chi connectivity index (χ0n) is 12.0. The summed E-state index contributed by atoms with van der Waals surface area (Å²) < 4.78 is 13.9. The van der Waals surface area contributed by atoms with Gasteiger partial charge in [-0.3, -0.25) is 4.79 Å². The van der Waals surface area contributed by atoms with Crippen molar-refractivity contribution in [3.05, 3.63) is 35.1 Å². The SMILES string of the molecule is CC1(O)CCCN(C(=O)c2ccc(C#CCN)c(F)c2)C1. The Kier molecular flexibility index (Phi) is 4.61. The van der Waals surface area contributed by atoms with Gasteiger partial charge in [0.25, 0.3) is 5.91 Å². The largest absolute Gasteiger partial charge is 0.388 e. The molecule has 1 amide bonds. The molecule has 21 heavy (non-hydrogen) atoms. The molecule has 1 atom stereocenters. The van der Waals surface area contributed by atoms with E-state index in [1.807, 2.05) is 0 Å². The lowest BCUT2D eigenvalue weighted by atomic mass is 9.94. The van der Waals surface area contributed by atoms with Gasteiger partial charge in [-0.25, -0.2) is 4.39 Å². The molecule has 4 nitrogen and oxygen atoms in total. The van der Waals surface area contributed by atoms with Crippen molar-refractivity contribution in [3.63, 3.8) is 0 Å². The van der Waals surface area contributed by atoms with Crippen LogP contribution in [0, 0.1) is 17.7 Å². The first-order valence-corrected chi connectivity index (χ1v) is 6.93. The van der Waals surface area contributed by atoms with E-state index in [9.17, 15) is 14.3 Å². The molecule has 112 valence electrons. The number of piperidine rings is 1. The van der Waals surface area contributed by atoms with Crippen LogP contribution in [0.2, 0.25) is 0 Å². The molecule has 3 N–H and O–H groups in total. The van der Waals surface area contributed by atoms with Crippen molar-refractivity contribution in [3.8, 4) is 11.8 Å². The number of carbonyl (C=O) groups excluding carboxylic acids is 1. The molecule has 1 aliphatic rings. The van der Waals surface area contributed by atoms with Gasteiger partial charge in [0.1, 0.15) is 5.82 Å². The fourth-order valence-electron chi connectivity index (χ4n) is 2.47. The van der Waals surface area contributed by atoms with Crippen LogP contribution >= 0.6 is 0 Å². The van der Waals surface area contributed by atoms with E-state index in [-0.39, 0.29) is 30.1 Å². The molecule has 1 unspecified atom stereocenters. The minimum absolute atomic E-state index is 0.156. The molecule has 1 fully saturated rings. The van der Waals surface area contributed by atoms with Gasteiger partial charge in [0, 0.05) is 18.7 Å². The molecule has 2 rings (SSSR count). The van der Waals surface area contributed by atoms with Crippen LogP contribution in [0.3, 0.4) is 0 Å². The molecular formula is C16H19FN2O2. The zero-order chi connectivity index (χ0) is 15.5. The van der Waals surface area contributed by atoms with Crippen LogP contribution in [0.4, 0.5) is 4.39 Å². The van der Waals surface area contributed by atoms with Crippen LogP contribution in [0.25, 0.3) is 0 Å². The van der Waals surface area contributed by atoms with Gasteiger partial charge in [0.05, 0.1) is 17.7 Å². The van der Waals surface area contributed by atoms with Gasteiger partial charge in [0.15, 0.2) is 0 Å². The van der Waals surface area contributed by atoms with Gasteiger partial charge >= 0.3 is 0 Å². The average Bonchev–Trinajstić information content (AvgIpc) is 2.44. The van der Waals surface area contributed by atoms with E-state index in [1.54, 1.807) is 17.9 Å². The lowest BCUT2D eigenvalue weighted by molar-refractivity contribution is -0.0107. The van der Waals surface area contributed by atoms with Crippen molar-refractivity contribution < 1.29 is 14.3 Å². The molecule has 5 heteroatoms. The molecule has 0 saturated carbocycles. The zero-order valence-corrected chi connectivity index (χ0v) is 12.0. The first kappa shape index (κ1) is 15.5. The molecule has 1 saturated heterocycles. The molecule has 1 aromatic rings. The van der Waals surface area contributed by atoms with Crippen molar-refractivity contribution in [2.24, 2.45) is 5.73 Å². The number of amides is 1. The highest BCUT2D eigenvalue weighted by atomic mass is 19.1. The summed E-state index contributed by atoms with van der Waals surface area (Å²) in [6, 6.07) is 4.22. The Hall–Kier alpha value is -1.90. The van der Waals surface area contributed by atoms with Crippen LogP contribution in [0.5, 0.6) is 0 Å². The second kappa shape index (κ2) is 6.25. The van der Waals surface area contributed by atoms with Gasteiger partial charge in [0.2, 0.25) is 0 Å². The van der Waals surface area contributed by atoms with Gasteiger partial charge in [-0.05, 0) is 38.0 Å². The van der Waals surface area contributed by atoms with Crippen LogP contribution in [-0.2, 0) is 0 Å². The third-order valence-electron chi connectivity index (χ3n) is 3.50. The monoisotopic (exact) mass is 290 g/mol. The second-order valence-corrected chi connectivity index (χ2v) is 5.53. The van der Waals surface area contributed by atoms with E-state index < -0.39 is 11.4 Å². The Labute approximate surface area is 123 Å². The molecule has 0 aliphatic carbocycles. The maximum absolute atomic E-state index is 13.9. The summed E-state index contributed by atoms with van der Waals surface area (Å²) >= 11 is 0. The first-order chi connectivity index (χ1) is 9.93. The number of β-amino-alcohol motifs (C(OH)–C–C–N with tert-alkyl or cyclic N) is 1. The van der Waals surface area contributed by atoms with E-state index in [2.05, 4.69) is 11.8 Å². The lowest BCUT2D eigenvalue weighted by Crippen LogP contribution is -2.48. The van der Waals surface area contributed by atoms with Crippen molar-refractivity contribution in [2.75, 3.05) is 19.6 Å². The Balaban J connectivity index is 2.18. The maximum atomic E-state index is 13.9. The van der Waals surface area contributed by atoms with Gasteiger partial charge in [-0.1, -0.05) is 11.8 Å². The number of nitrogens with zero attached hydrogens (tertiary/aromatic N) is 1. The van der Waals surface area contributed by atoms with Gasteiger partial charge in [-0.15, -0.1) is 0 Å². The number of aliphatic hydroxyl groups is 1. The average molecular weight is 290 g/mol. The Morgan fingerprint density at radius 1 is 1.57 bits per heavy atom. The van der Waals surface area contributed by atoms with Crippen molar-refractivity contribution >= 4 is 5.91 Å². The third-order valence-corrected chi connectivity index (χ3v) is 3.50. The van der Waals surface area contributed by atoms with Crippen LogP contribution in [0.15, 0.2) is 18.2 Å².